The molecule has 1 aromatic rings. The second-order valence-corrected chi connectivity index (χ2v) is 6.72. The number of rotatable bonds is 3. The molecule has 3 heteroatoms. The van der Waals surface area contributed by atoms with E-state index in [0.29, 0.717) is 6.04 Å². The topological polar surface area (TPSA) is 32.5 Å². The molecule has 1 fully saturated rings. The summed E-state index contributed by atoms with van der Waals surface area (Å²) in [4.78, 5) is 5.24. The first-order valence-corrected chi connectivity index (χ1v) is 7.96. The van der Waals surface area contributed by atoms with Crippen LogP contribution in [0.15, 0.2) is 24.3 Å². The average Bonchev–Trinajstić information content (AvgIpc) is 2.77. The highest BCUT2D eigenvalue weighted by Crippen LogP contribution is 2.40. The van der Waals surface area contributed by atoms with Crippen LogP contribution in [0.5, 0.6) is 0 Å². The van der Waals surface area contributed by atoms with Gasteiger partial charge in [0, 0.05) is 44.8 Å². The molecule has 0 amide bonds. The Morgan fingerprint density at radius 1 is 1.10 bits per heavy atom. The van der Waals surface area contributed by atoms with Crippen molar-refractivity contribution in [3.8, 4) is 0 Å². The fraction of sp³-hybridized carbons (Fsp3) is 0.647. The lowest BCUT2D eigenvalue weighted by Crippen LogP contribution is -2.48. The van der Waals surface area contributed by atoms with Gasteiger partial charge in [-0.3, -0.25) is 4.90 Å². The Balaban J connectivity index is 1.65. The normalized spacial score (nSPS) is 28.0. The largest absolute Gasteiger partial charge is 0.324 e. The van der Waals surface area contributed by atoms with Gasteiger partial charge in [-0.25, -0.2) is 0 Å². The molecule has 20 heavy (non-hydrogen) atoms. The van der Waals surface area contributed by atoms with Gasteiger partial charge in [0.15, 0.2) is 0 Å². The molecule has 0 aromatic heterocycles. The summed E-state index contributed by atoms with van der Waals surface area (Å²) >= 11 is 0. The number of nitrogens with zero attached hydrogens (tertiary/aromatic N) is 2. The summed E-state index contributed by atoms with van der Waals surface area (Å²) in [6.45, 7) is 10.6. The summed E-state index contributed by atoms with van der Waals surface area (Å²) < 4.78 is 0. The van der Waals surface area contributed by atoms with E-state index in [2.05, 4.69) is 47.9 Å². The Hall–Kier alpha value is -0.900. The highest BCUT2D eigenvalue weighted by atomic mass is 15.3. The summed E-state index contributed by atoms with van der Waals surface area (Å²) in [7, 11) is 0. The zero-order valence-electron chi connectivity index (χ0n) is 12.8. The Bertz CT molecular complexity index is 449. The maximum Gasteiger partial charge on any atom is 0.0370 e. The van der Waals surface area contributed by atoms with Crippen molar-refractivity contribution in [2.24, 2.45) is 11.7 Å². The fourth-order valence-corrected chi connectivity index (χ4v) is 3.77. The second-order valence-electron chi connectivity index (χ2n) is 6.72. The molecule has 2 N–H and O–H groups in total. The molecule has 0 saturated carbocycles. The maximum absolute atomic E-state index is 6.30. The molecule has 1 saturated heterocycles. The van der Waals surface area contributed by atoms with Crippen LogP contribution in [0.2, 0.25) is 0 Å². The fourth-order valence-electron chi connectivity index (χ4n) is 3.77. The van der Waals surface area contributed by atoms with E-state index in [1.54, 1.807) is 0 Å². The van der Waals surface area contributed by atoms with Gasteiger partial charge in [-0.05, 0) is 23.5 Å². The first kappa shape index (κ1) is 14.1. The predicted molar refractivity (Wildman–Crippen MR) is 83.6 cm³/mol. The average molecular weight is 273 g/mol. The minimum Gasteiger partial charge on any atom is -0.324 e. The summed E-state index contributed by atoms with van der Waals surface area (Å²) in [6.07, 6.45) is 1.09. The lowest BCUT2D eigenvalue weighted by atomic mass is 10.1. The van der Waals surface area contributed by atoms with E-state index in [4.69, 9.17) is 5.73 Å². The minimum atomic E-state index is 0.227. The van der Waals surface area contributed by atoms with Gasteiger partial charge in [-0.1, -0.05) is 38.1 Å². The molecule has 3 nitrogen and oxygen atoms in total. The minimum absolute atomic E-state index is 0.227. The molecule has 1 aliphatic carbocycles. The smallest absolute Gasteiger partial charge is 0.0370 e. The van der Waals surface area contributed by atoms with Crippen LogP contribution in [0.1, 0.15) is 43.5 Å². The molecular weight excluding hydrogens is 246 g/mol. The molecular formula is C17H27N3. The van der Waals surface area contributed by atoms with Crippen molar-refractivity contribution in [3.63, 3.8) is 0 Å². The van der Waals surface area contributed by atoms with Crippen molar-refractivity contribution >= 4 is 0 Å². The van der Waals surface area contributed by atoms with Gasteiger partial charge >= 0.3 is 0 Å². The van der Waals surface area contributed by atoms with Crippen LogP contribution in [0.25, 0.3) is 0 Å². The Morgan fingerprint density at radius 3 is 2.40 bits per heavy atom. The monoisotopic (exact) mass is 273 g/mol. The number of piperazine rings is 1. The maximum atomic E-state index is 6.30. The molecule has 1 heterocycles. The van der Waals surface area contributed by atoms with Crippen LogP contribution in [0.3, 0.4) is 0 Å². The molecule has 1 aromatic carbocycles. The van der Waals surface area contributed by atoms with Crippen LogP contribution in [0, 0.1) is 5.92 Å². The third kappa shape index (κ3) is 2.76. The number of fused-ring (bicyclic) bond motifs is 1. The van der Waals surface area contributed by atoms with E-state index < -0.39 is 0 Å². The van der Waals surface area contributed by atoms with Crippen molar-refractivity contribution in [3.05, 3.63) is 35.4 Å². The first-order chi connectivity index (χ1) is 9.65. The van der Waals surface area contributed by atoms with Crippen molar-refractivity contribution in [2.45, 2.75) is 32.4 Å². The Morgan fingerprint density at radius 2 is 1.75 bits per heavy atom. The summed E-state index contributed by atoms with van der Waals surface area (Å²) in [6, 6.07) is 9.51. The Labute approximate surface area is 122 Å². The molecule has 0 radical (unpaired) electrons. The molecule has 0 spiro atoms. The standard InChI is InChI=1S/C17H27N3/c1-13(2)12-19-7-9-20(10-8-19)17-11-16(18)14-5-3-4-6-15(14)17/h3-6,13,16-17H,7-12,18H2,1-2H3. The van der Waals surface area contributed by atoms with Crippen molar-refractivity contribution in [1.82, 2.24) is 9.80 Å². The van der Waals surface area contributed by atoms with Gasteiger partial charge in [0.25, 0.3) is 0 Å². The molecule has 2 atom stereocenters. The summed E-state index contributed by atoms with van der Waals surface area (Å²) in [5.41, 5.74) is 9.13. The number of nitrogens with two attached hydrogens (primary N) is 1. The zero-order valence-corrected chi connectivity index (χ0v) is 12.8. The predicted octanol–water partition coefficient (Wildman–Crippen LogP) is 2.40. The molecule has 1 aliphatic heterocycles. The lowest BCUT2D eigenvalue weighted by Gasteiger charge is -2.39. The van der Waals surface area contributed by atoms with Gasteiger partial charge in [0.05, 0.1) is 0 Å². The summed E-state index contributed by atoms with van der Waals surface area (Å²) in [5, 5.41) is 0. The van der Waals surface area contributed by atoms with Gasteiger partial charge in [-0.2, -0.15) is 0 Å². The number of hydrogen-bond donors (Lipinski definition) is 1. The molecule has 3 rings (SSSR count). The lowest BCUT2D eigenvalue weighted by molar-refractivity contribution is 0.0872. The van der Waals surface area contributed by atoms with E-state index in [9.17, 15) is 0 Å². The molecule has 2 aliphatic rings. The highest BCUT2D eigenvalue weighted by Gasteiger charge is 2.33. The van der Waals surface area contributed by atoms with E-state index in [1.807, 2.05) is 0 Å². The van der Waals surface area contributed by atoms with Crippen molar-refractivity contribution < 1.29 is 0 Å². The van der Waals surface area contributed by atoms with Crippen LogP contribution in [0.4, 0.5) is 0 Å². The molecule has 110 valence electrons. The summed E-state index contributed by atoms with van der Waals surface area (Å²) in [5.74, 6) is 0.766. The van der Waals surface area contributed by atoms with E-state index >= 15 is 0 Å². The van der Waals surface area contributed by atoms with Crippen molar-refractivity contribution in [2.75, 3.05) is 32.7 Å². The first-order valence-electron chi connectivity index (χ1n) is 7.96. The van der Waals surface area contributed by atoms with E-state index in [0.717, 1.165) is 12.3 Å². The highest BCUT2D eigenvalue weighted by molar-refractivity contribution is 5.37. The Kier molecular flexibility index (Phi) is 4.11. The van der Waals surface area contributed by atoms with Gasteiger partial charge in [0.2, 0.25) is 0 Å². The van der Waals surface area contributed by atoms with Crippen LogP contribution in [-0.4, -0.2) is 42.5 Å². The van der Waals surface area contributed by atoms with E-state index in [-0.39, 0.29) is 6.04 Å². The SMILES string of the molecule is CC(C)CN1CCN(C2CC(N)c3ccccc32)CC1. The van der Waals surface area contributed by atoms with Gasteiger partial charge in [-0.15, -0.1) is 0 Å². The quantitative estimate of drug-likeness (QED) is 0.918. The number of hydrogen-bond acceptors (Lipinski definition) is 3. The van der Waals surface area contributed by atoms with Crippen LogP contribution >= 0.6 is 0 Å². The van der Waals surface area contributed by atoms with Crippen LogP contribution in [-0.2, 0) is 0 Å². The molecule has 2 unspecified atom stereocenters. The zero-order chi connectivity index (χ0) is 14.1. The van der Waals surface area contributed by atoms with Crippen LogP contribution < -0.4 is 5.73 Å². The third-order valence-electron chi connectivity index (χ3n) is 4.70. The van der Waals surface area contributed by atoms with Gasteiger partial charge in [0.1, 0.15) is 0 Å². The van der Waals surface area contributed by atoms with Crippen molar-refractivity contribution in [1.29, 1.82) is 0 Å². The number of benzene rings is 1. The van der Waals surface area contributed by atoms with Gasteiger partial charge < -0.3 is 10.6 Å². The van der Waals surface area contributed by atoms with E-state index in [1.165, 1.54) is 43.9 Å². The third-order valence-corrected chi connectivity index (χ3v) is 4.70. The second kappa shape index (κ2) is 5.84. The molecule has 0 bridgehead atoms.